The van der Waals surface area contributed by atoms with E-state index < -0.39 is 0 Å². The van der Waals surface area contributed by atoms with Crippen molar-refractivity contribution < 1.29 is 4.74 Å². The summed E-state index contributed by atoms with van der Waals surface area (Å²) in [6.07, 6.45) is 1.82. The number of aryl methyl sites for hydroxylation is 1. The van der Waals surface area contributed by atoms with Crippen LogP contribution < -0.4 is 0 Å². The molecule has 26 heavy (non-hydrogen) atoms. The van der Waals surface area contributed by atoms with Gasteiger partial charge in [-0.15, -0.1) is 0 Å². The first kappa shape index (κ1) is 18.4. The lowest BCUT2D eigenvalue weighted by molar-refractivity contribution is 0.0900. The summed E-state index contributed by atoms with van der Waals surface area (Å²) in [4.78, 5) is 2.32. The monoisotopic (exact) mass is 349 g/mol. The molecule has 0 aliphatic rings. The SMILES string of the molecule is CC(c1ccccc1)N(C)CCOCc1ccc(-c2ccnn2C)cc1. The van der Waals surface area contributed by atoms with Gasteiger partial charge in [0.2, 0.25) is 0 Å². The van der Waals surface area contributed by atoms with E-state index in [0.29, 0.717) is 12.6 Å². The minimum absolute atomic E-state index is 0.387. The maximum absolute atomic E-state index is 5.87. The molecule has 0 spiro atoms. The lowest BCUT2D eigenvalue weighted by Gasteiger charge is -2.25. The predicted octanol–water partition coefficient (Wildman–Crippen LogP) is 4.30. The molecule has 2 aromatic carbocycles. The van der Waals surface area contributed by atoms with Crippen molar-refractivity contribution in [2.75, 3.05) is 20.2 Å². The molecule has 136 valence electrons. The van der Waals surface area contributed by atoms with Crippen molar-refractivity contribution in [1.82, 2.24) is 14.7 Å². The first-order chi connectivity index (χ1) is 12.6. The van der Waals surface area contributed by atoms with Gasteiger partial charge in [-0.25, -0.2) is 0 Å². The van der Waals surface area contributed by atoms with Crippen LogP contribution in [-0.4, -0.2) is 34.9 Å². The van der Waals surface area contributed by atoms with E-state index in [1.54, 1.807) is 0 Å². The Hall–Kier alpha value is -2.43. The van der Waals surface area contributed by atoms with E-state index in [0.717, 1.165) is 18.8 Å². The molecule has 0 bridgehead atoms. The molecule has 4 heteroatoms. The normalized spacial score (nSPS) is 12.5. The van der Waals surface area contributed by atoms with Gasteiger partial charge in [-0.05, 0) is 36.7 Å². The maximum Gasteiger partial charge on any atom is 0.0717 e. The van der Waals surface area contributed by atoms with Gasteiger partial charge in [-0.1, -0.05) is 54.6 Å². The summed E-state index contributed by atoms with van der Waals surface area (Å²) in [5.41, 5.74) is 4.81. The third-order valence-corrected chi connectivity index (χ3v) is 4.87. The van der Waals surface area contributed by atoms with Gasteiger partial charge in [0.1, 0.15) is 0 Å². The zero-order valence-corrected chi connectivity index (χ0v) is 15.8. The number of rotatable bonds is 8. The van der Waals surface area contributed by atoms with Crippen molar-refractivity contribution in [2.24, 2.45) is 7.05 Å². The zero-order valence-electron chi connectivity index (χ0n) is 15.8. The number of ether oxygens (including phenoxy) is 1. The topological polar surface area (TPSA) is 30.3 Å². The molecule has 1 heterocycles. The fourth-order valence-electron chi connectivity index (χ4n) is 3.01. The molecule has 3 aromatic rings. The second kappa shape index (κ2) is 8.79. The number of hydrogen-bond donors (Lipinski definition) is 0. The quantitative estimate of drug-likeness (QED) is 0.568. The van der Waals surface area contributed by atoms with E-state index in [2.05, 4.69) is 78.6 Å². The van der Waals surface area contributed by atoms with Crippen LogP contribution in [0.1, 0.15) is 24.1 Å². The zero-order chi connectivity index (χ0) is 18.4. The Morgan fingerprint density at radius 3 is 2.42 bits per heavy atom. The summed E-state index contributed by atoms with van der Waals surface area (Å²) in [6, 6.07) is 21.5. The van der Waals surface area contributed by atoms with Gasteiger partial charge in [-0.3, -0.25) is 9.58 Å². The summed E-state index contributed by atoms with van der Waals surface area (Å²) < 4.78 is 7.76. The Morgan fingerprint density at radius 2 is 1.77 bits per heavy atom. The van der Waals surface area contributed by atoms with Gasteiger partial charge in [0.25, 0.3) is 0 Å². The maximum atomic E-state index is 5.87. The highest BCUT2D eigenvalue weighted by Crippen LogP contribution is 2.19. The van der Waals surface area contributed by atoms with Crippen molar-refractivity contribution in [3.63, 3.8) is 0 Å². The van der Waals surface area contributed by atoms with Crippen molar-refractivity contribution in [1.29, 1.82) is 0 Å². The van der Waals surface area contributed by atoms with Crippen LogP contribution in [0.25, 0.3) is 11.3 Å². The summed E-state index contributed by atoms with van der Waals surface area (Å²) >= 11 is 0. The molecule has 0 saturated heterocycles. The van der Waals surface area contributed by atoms with Gasteiger partial charge < -0.3 is 4.74 Å². The van der Waals surface area contributed by atoms with Gasteiger partial charge in [-0.2, -0.15) is 5.10 Å². The molecule has 0 radical (unpaired) electrons. The van der Waals surface area contributed by atoms with Crippen LogP contribution in [0.3, 0.4) is 0 Å². The minimum Gasteiger partial charge on any atom is -0.375 e. The van der Waals surface area contributed by atoms with Crippen LogP contribution in [0.15, 0.2) is 66.9 Å². The molecule has 0 aliphatic carbocycles. The van der Waals surface area contributed by atoms with Gasteiger partial charge in [0.15, 0.2) is 0 Å². The summed E-state index contributed by atoms with van der Waals surface area (Å²) in [7, 11) is 4.10. The van der Waals surface area contributed by atoms with Crippen molar-refractivity contribution in [3.05, 3.63) is 78.0 Å². The van der Waals surface area contributed by atoms with Gasteiger partial charge >= 0.3 is 0 Å². The standard InChI is InChI=1S/C22H27N3O/c1-18(20-7-5-4-6-8-20)24(2)15-16-26-17-19-9-11-21(12-10-19)22-13-14-23-25(22)3/h4-14,18H,15-17H2,1-3H3. The van der Waals surface area contributed by atoms with E-state index in [4.69, 9.17) is 4.74 Å². The highest BCUT2D eigenvalue weighted by Gasteiger charge is 2.10. The summed E-state index contributed by atoms with van der Waals surface area (Å²) in [5, 5.41) is 4.22. The second-order valence-corrected chi connectivity index (χ2v) is 6.66. The largest absolute Gasteiger partial charge is 0.375 e. The molecule has 1 atom stereocenters. The second-order valence-electron chi connectivity index (χ2n) is 6.66. The molecule has 0 fully saturated rings. The van der Waals surface area contributed by atoms with Crippen LogP contribution in [-0.2, 0) is 18.4 Å². The van der Waals surface area contributed by atoms with E-state index in [-0.39, 0.29) is 0 Å². The predicted molar refractivity (Wildman–Crippen MR) is 106 cm³/mol. The molecule has 0 aliphatic heterocycles. The Balaban J connectivity index is 1.44. The summed E-state index contributed by atoms with van der Waals surface area (Å²) in [5.74, 6) is 0. The van der Waals surface area contributed by atoms with Gasteiger partial charge in [0, 0.05) is 25.8 Å². The van der Waals surface area contributed by atoms with E-state index in [9.17, 15) is 0 Å². The highest BCUT2D eigenvalue weighted by molar-refractivity contribution is 5.59. The van der Waals surface area contributed by atoms with Crippen molar-refractivity contribution in [2.45, 2.75) is 19.6 Å². The molecular weight excluding hydrogens is 322 g/mol. The third-order valence-electron chi connectivity index (χ3n) is 4.87. The molecule has 1 aromatic heterocycles. The Morgan fingerprint density at radius 1 is 1.04 bits per heavy atom. The molecule has 0 saturated carbocycles. The van der Waals surface area contributed by atoms with Gasteiger partial charge in [0.05, 0.1) is 18.9 Å². The Kier molecular flexibility index (Phi) is 6.21. The fraction of sp³-hybridized carbons (Fsp3) is 0.318. The summed E-state index contributed by atoms with van der Waals surface area (Å²) in [6.45, 7) is 4.49. The van der Waals surface area contributed by atoms with E-state index in [1.165, 1.54) is 16.7 Å². The molecular formula is C22H27N3O. The number of likely N-dealkylation sites (N-methyl/N-ethyl adjacent to an activating group) is 1. The van der Waals surface area contributed by atoms with Crippen LogP contribution >= 0.6 is 0 Å². The van der Waals surface area contributed by atoms with Crippen LogP contribution in [0.2, 0.25) is 0 Å². The molecule has 0 N–H and O–H groups in total. The third kappa shape index (κ3) is 4.59. The lowest BCUT2D eigenvalue weighted by atomic mass is 10.1. The fourth-order valence-corrected chi connectivity index (χ4v) is 3.01. The van der Waals surface area contributed by atoms with Crippen molar-refractivity contribution in [3.8, 4) is 11.3 Å². The van der Waals surface area contributed by atoms with Crippen LogP contribution in [0, 0.1) is 0 Å². The molecule has 3 rings (SSSR count). The average molecular weight is 349 g/mol. The smallest absolute Gasteiger partial charge is 0.0717 e. The number of hydrogen-bond acceptors (Lipinski definition) is 3. The number of benzene rings is 2. The number of aromatic nitrogens is 2. The highest BCUT2D eigenvalue weighted by atomic mass is 16.5. The molecule has 4 nitrogen and oxygen atoms in total. The van der Waals surface area contributed by atoms with Crippen LogP contribution in [0.4, 0.5) is 0 Å². The number of nitrogens with zero attached hydrogens (tertiary/aromatic N) is 3. The average Bonchev–Trinajstić information content (AvgIpc) is 3.11. The lowest BCUT2D eigenvalue weighted by Crippen LogP contribution is -2.26. The first-order valence-corrected chi connectivity index (χ1v) is 9.05. The Labute approximate surface area is 156 Å². The Bertz CT molecular complexity index is 796. The molecule has 1 unspecified atom stereocenters. The van der Waals surface area contributed by atoms with Crippen LogP contribution in [0.5, 0.6) is 0 Å². The van der Waals surface area contributed by atoms with E-state index in [1.807, 2.05) is 24.0 Å². The van der Waals surface area contributed by atoms with E-state index >= 15 is 0 Å². The minimum atomic E-state index is 0.387. The first-order valence-electron chi connectivity index (χ1n) is 9.05. The molecule has 0 amide bonds. The van der Waals surface area contributed by atoms with Crippen molar-refractivity contribution >= 4 is 0 Å².